The zero-order chi connectivity index (χ0) is 20.4. The standard InChI is InChI=1S/C21H21ClFN3O3/c22-15-7-11(23)6-13-18(15)26(12-4-5-12)20(17(19(13)27)21(28)29)25-8-10-2-1-3-16(24)14(10)9-25/h1,3,6-7,10,12,14,16H,2,4-5,8-9,24H2,(H,28,29). The van der Waals surface area contributed by atoms with Crippen molar-refractivity contribution in [3.63, 3.8) is 0 Å². The Labute approximate surface area is 171 Å². The first-order chi connectivity index (χ1) is 13.9. The van der Waals surface area contributed by atoms with Gasteiger partial charge in [-0.25, -0.2) is 9.18 Å². The number of anilines is 1. The van der Waals surface area contributed by atoms with Crippen molar-refractivity contribution in [2.24, 2.45) is 17.6 Å². The third-order valence-electron chi connectivity index (χ3n) is 6.40. The number of benzene rings is 1. The largest absolute Gasteiger partial charge is 0.477 e. The van der Waals surface area contributed by atoms with Crippen molar-refractivity contribution in [3.8, 4) is 0 Å². The van der Waals surface area contributed by atoms with Crippen LogP contribution in [0.25, 0.3) is 10.9 Å². The van der Waals surface area contributed by atoms with E-state index in [2.05, 4.69) is 6.08 Å². The van der Waals surface area contributed by atoms with Crippen LogP contribution in [0.5, 0.6) is 0 Å². The number of nitrogens with zero attached hydrogens (tertiary/aromatic N) is 2. The average molecular weight is 418 g/mol. The highest BCUT2D eigenvalue weighted by atomic mass is 35.5. The van der Waals surface area contributed by atoms with Gasteiger partial charge in [-0.05, 0) is 43.2 Å². The number of rotatable bonds is 3. The number of aromatic nitrogens is 1. The average Bonchev–Trinajstić information content (AvgIpc) is 3.40. The molecule has 0 bridgehead atoms. The minimum atomic E-state index is -1.31. The quantitative estimate of drug-likeness (QED) is 0.749. The number of carbonyl (C=O) groups is 1. The van der Waals surface area contributed by atoms with Crippen LogP contribution in [0.2, 0.25) is 5.02 Å². The molecule has 8 heteroatoms. The molecule has 1 saturated heterocycles. The van der Waals surface area contributed by atoms with Crippen molar-refractivity contribution in [3.05, 3.63) is 50.9 Å². The summed E-state index contributed by atoms with van der Waals surface area (Å²) in [7, 11) is 0. The molecule has 0 spiro atoms. The molecule has 2 fully saturated rings. The number of halogens is 2. The van der Waals surface area contributed by atoms with Gasteiger partial charge in [-0.3, -0.25) is 4.79 Å². The van der Waals surface area contributed by atoms with Crippen molar-refractivity contribution in [2.75, 3.05) is 18.0 Å². The molecule has 2 heterocycles. The fourth-order valence-electron chi connectivity index (χ4n) is 4.95. The molecule has 1 saturated carbocycles. The molecule has 1 aromatic carbocycles. The number of carboxylic acid groups (broad SMARTS) is 1. The maximum atomic E-state index is 14.0. The van der Waals surface area contributed by atoms with Gasteiger partial charge < -0.3 is 20.3 Å². The third-order valence-corrected chi connectivity index (χ3v) is 6.69. The van der Waals surface area contributed by atoms with E-state index in [9.17, 15) is 19.1 Å². The molecular weight excluding hydrogens is 397 g/mol. The molecule has 3 aliphatic rings. The van der Waals surface area contributed by atoms with Gasteiger partial charge in [0.1, 0.15) is 17.2 Å². The van der Waals surface area contributed by atoms with Gasteiger partial charge in [-0.2, -0.15) is 0 Å². The Morgan fingerprint density at radius 2 is 2.03 bits per heavy atom. The highest BCUT2D eigenvalue weighted by molar-refractivity contribution is 6.35. The Balaban J connectivity index is 1.79. The van der Waals surface area contributed by atoms with Crippen LogP contribution in [-0.2, 0) is 0 Å². The Kier molecular flexibility index (Phi) is 4.22. The number of allylic oxidation sites excluding steroid dienone is 1. The second-order valence-electron chi connectivity index (χ2n) is 8.29. The first kappa shape index (κ1) is 18.6. The molecule has 0 radical (unpaired) electrons. The van der Waals surface area contributed by atoms with Crippen LogP contribution in [0.15, 0.2) is 29.1 Å². The number of carboxylic acids is 1. The lowest BCUT2D eigenvalue weighted by atomic mass is 9.83. The van der Waals surface area contributed by atoms with E-state index in [1.165, 1.54) is 6.07 Å². The normalized spacial score (nSPS) is 26.2. The van der Waals surface area contributed by atoms with Crippen LogP contribution in [0, 0.1) is 17.7 Å². The predicted octanol–water partition coefficient (Wildman–Crippen LogP) is 3.17. The topological polar surface area (TPSA) is 88.6 Å². The van der Waals surface area contributed by atoms with Crippen molar-refractivity contribution >= 4 is 34.3 Å². The maximum absolute atomic E-state index is 14.0. The summed E-state index contributed by atoms with van der Waals surface area (Å²) in [4.78, 5) is 27.3. The number of aromatic carboxylic acids is 1. The molecule has 152 valence electrons. The molecule has 1 aromatic heterocycles. The van der Waals surface area contributed by atoms with Crippen LogP contribution < -0.4 is 16.1 Å². The van der Waals surface area contributed by atoms with Crippen LogP contribution in [0.4, 0.5) is 10.2 Å². The van der Waals surface area contributed by atoms with E-state index >= 15 is 0 Å². The van der Waals surface area contributed by atoms with Crippen molar-refractivity contribution in [2.45, 2.75) is 31.3 Å². The minimum absolute atomic E-state index is 0.0121. The molecule has 2 aliphatic carbocycles. The van der Waals surface area contributed by atoms with Crippen LogP contribution in [0.3, 0.4) is 0 Å². The number of hydrogen-bond donors (Lipinski definition) is 2. The van der Waals surface area contributed by atoms with Gasteiger partial charge in [0.2, 0.25) is 5.43 Å². The monoisotopic (exact) mass is 417 g/mol. The zero-order valence-corrected chi connectivity index (χ0v) is 16.4. The molecule has 3 unspecified atom stereocenters. The SMILES string of the molecule is NC1C=CCC2CN(c3c(C(=O)O)c(=O)c4cc(F)cc(Cl)c4n3C3CC3)CC12. The van der Waals surface area contributed by atoms with Gasteiger partial charge in [0.15, 0.2) is 0 Å². The Bertz CT molecular complexity index is 1120. The van der Waals surface area contributed by atoms with E-state index in [0.717, 1.165) is 25.3 Å². The first-order valence-corrected chi connectivity index (χ1v) is 10.2. The van der Waals surface area contributed by atoms with Crippen molar-refractivity contribution in [1.82, 2.24) is 4.57 Å². The Morgan fingerprint density at radius 3 is 2.69 bits per heavy atom. The second-order valence-corrected chi connectivity index (χ2v) is 8.70. The number of nitrogens with two attached hydrogens (primary N) is 1. The molecule has 6 nitrogen and oxygen atoms in total. The molecule has 29 heavy (non-hydrogen) atoms. The molecule has 3 atom stereocenters. The van der Waals surface area contributed by atoms with Crippen LogP contribution >= 0.6 is 11.6 Å². The molecular formula is C21H21ClFN3O3. The summed E-state index contributed by atoms with van der Waals surface area (Å²) in [5.41, 5.74) is 5.67. The number of pyridine rings is 1. The van der Waals surface area contributed by atoms with E-state index in [0.29, 0.717) is 30.3 Å². The second kappa shape index (κ2) is 6.57. The van der Waals surface area contributed by atoms with Gasteiger partial charge >= 0.3 is 5.97 Å². The van der Waals surface area contributed by atoms with Gasteiger partial charge in [-0.15, -0.1) is 0 Å². The van der Waals surface area contributed by atoms with Gasteiger partial charge in [-0.1, -0.05) is 23.8 Å². The number of hydrogen-bond acceptors (Lipinski definition) is 4. The van der Waals surface area contributed by atoms with E-state index < -0.39 is 17.2 Å². The first-order valence-electron chi connectivity index (χ1n) is 9.84. The van der Waals surface area contributed by atoms with Crippen molar-refractivity contribution in [1.29, 1.82) is 0 Å². The summed E-state index contributed by atoms with van der Waals surface area (Å²) in [5.74, 6) is -1.08. The highest BCUT2D eigenvalue weighted by Crippen LogP contribution is 2.45. The van der Waals surface area contributed by atoms with Crippen LogP contribution in [-0.4, -0.2) is 34.8 Å². The summed E-state index contributed by atoms with van der Waals surface area (Å²) in [6, 6.07) is 2.22. The third kappa shape index (κ3) is 2.87. The van der Waals surface area contributed by atoms with E-state index in [-0.39, 0.29) is 34.0 Å². The summed E-state index contributed by atoms with van der Waals surface area (Å²) in [5, 5.41) is 10.1. The Morgan fingerprint density at radius 1 is 1.28 bits per heavy atom. The lowest BCUT2D eigenvalue weighted by Crippen LogP contribution is -2.36. The lowest BCUT2D eigenvalue weighted by molar-refractivity contribution is 0.0695. The summed E-state index contributed by atoms with van der Waals surface area (Å²) in [6.45, 7) is 1.20. The molecule has 5 rings (SSSR count). The van der Waals surface area contributed by atoms with E-state index in [1.54, 1.807) is 0 Å². The fraction of sp³-hybridized carbons (Fsp3) is 0.429. The van der Waals surface area contributed by atoms with E-state index in [4.69, 9.17) is 17.3 Å². The zero-order valence-electron chi connectivity index (χ0n) is 15.6. The summed E-state index contributed by atoms with van der Waals surface area (Å²) >= 11 is 6.37. The molecule has 1 aliphatic heterocycles. The number of fused-ring (bicyclic) bond motifs is 2. The highest BCUT2D eigenvalue weighted by Gasteiger charge is 2.41. The molecule has 2 aromatic rings. The summed E-state index contributed by atoms with van der Waals surface area (Å²) in [6.07, 6.45) is 6.67. The van der Waals surface area contributed by atoms with Crippen molar-refractivity contribution < 1.29 is 14.3 Å². The molecule has 0 amide bonds. The van der Waals surface area contributed by atoms with Gasteiger partial charge in [0.25, 0.3) is 0 Å². The fourth-order valence-corrected chi connectivity index (χ4v) is 5.24. The van der Waals surface area contributed by atoms with E-state index in [1.807, 2.05) is 15.5 Å². The van der Waals surface area contributed by atoms with Gasteiger partial charge in [0, 0.05) is 25.2 Å². The van der Waals surface area contributed by atoms with Crippen LogP contribution in [0.1, 0.15) is 35.7 Å². The Hall–Kier alpha value is -2.38. The maximum Gasteiger partial charge on any atom is 0.343 e. The lowest BCUT2D eigenvalue weighted by Gasteiger charge is -2.28. The predicted molar refractivity (Wildman–Crippen MR) is 109 cm³/mol. The smallest absolute Gasteiger partial charge is 0.343 e. The van der Waals surface area contributed by atoms with Gasteiger partial charge in [0.05, 0.1) is 15.9 Å². The molecule has 3 N–H and O–H groups in total. The minimum Gasteiger partial charge on any atom is -0.477 e. The summed E-state index contributed by atoms with van der Waals surface area (Å²) < 4.78 is 15.9.